The summed E-state index contributed by atoms with van der Waals surface area (Å²) in [5, 5.41) is 21.0. The third-order valence-electron chi connectivity index (χ3n) is 3.85. The molecule has 0 aromatic heterocycles. The topological polar surface area (TPSA) is 76.4 Å². The van der Waals surface area contributed by atoms with Gasteiger partial charge < -0.3 is 15.3 Å². The molecule has 0 spiro atoms. The number of amides is 2. The number of aliphatic hydroxyl groups is 1. The number of urea groups is 1. The molecule has 1 aromatic carbocycles. The lowest BCUT2D eigenvalue weighted by molar-refractivity contribution is 0.0820. The fourth-order valence-corrected chi connectivity index (χ4v) is 2.48. The van der Waals surface area contributed by atoms with Crippen molar-refractivity contribution < 1.29 is 14.3 Å². The number of nitriles is 1. The van der Waals surface area contributed by atoms with E-state index in [0.717, 1.165) is 18.9 Å². The van der Waals surface area contributed by atoms with Gasteiger partial charge in [-0.05, 0) is 43.9 Å². The Morgan fingerprint density at radius 1 is 1.52 bits per heavy atom. The van der Waals surface area contributed by atoms with Crippen molar-refractivity contribution in [3.8, 4) is 6.07 Å². The molecule has 0 radical (unpaired) electrons. The number of aliphatic hydroxyl groups excluding tert-OH is 1. The summed E-state index contributed by atoms with van der Waals surface area (Å²) in [6.07, 6.45) is 1.17. The maximum absolute atomic E-state index is 13.2. The van der Waals surface area contributed by atoms with Gasteiger partial charge in [0, 0.05) is 18.8 Å². The fourth-order valence-electron chi connectivity index (χ4n) is 2.48. The molecule has 0 bridgehead atoms. The summed E-state index contributed by atoms with van der Waals surface area (Å²) < 4.78 is 13.2. The minimum absolute atomic E-state index is 0.0967. The largest absolute Gasteiger partial charge is 0.393 e. The third kappa shape index (κ3) is 3.70. The molecule has 1 fully saturated rings. The first-order valence-electron chi connectivity index (χ1n) is 6.95. The van der Waals surface area contributed by atoms with Crippen molar-refractivity contribution in [3.63, 3.8) is 0 Å². The van der Waals surface area contributed by atoms with Crippen LogP contribution in [-0.2, 0) is 0 Å². The van der Waals surface area contributed by atoms with E-state index in [0.29, 0.717) is 18.8 Å². The van der Waals surface area contributed by atoms with Crippen LogP contribution in [0.15, 0.2) is 18.2 Å². The Morgan fingerprint density at radius 3 is 2.76 bits per heavy atom. The number of benzene rings is 1. The van der Waals surface area contributed by atoms with Crippen LogP contribution in [0.2, 0.25) is 0 Å². The Bertz CT molecular complexity index is 561. The molecular weight excluding hydrogens is 273 g/mol. The summed E-state index contributed by atoms with van der Waals surface area (Å²) in [7, 11) is 0. The Labute approximate surface area is 123 Å². The highest BCUT2D eigenvalue weighted by atomic mass is 19.1. The van der Waals surface area contributed by atoms with Gasteiger partial charge >= 0.3 is 6.03 Å². The quantitative estimate of drug-likeness (QED) is 0.878. The number of hydrogen-bond donors (Lipinski definition) is 2. The zero-order valence-corrected chi connectivity index (χ0v) is 11.8. The van der Waals surface area contributed by atoms with Gasteiger partial charge in [-0.25, -0.2) is 9.18 Å². The van der Waals surface area contributed by atoms with Crippen LogP contribution in [0.5, 0.6) is 0 Å². The Hall–Kier alpha value is -2.13. The van der Waals surface area contributed by atoms with Crippen LogP contribution in [0, 0.1) is 23.1 Å². The van der Waals surface area contributed by atoms with Gasteiger partial charge in [0.05, 0.1) is 11.7 Å². The minimum Gasteiger partial charge on any atom is -0.393 e. The van der Waals surface area contributed by atoms with Crippen molar-refractivity contribution in [1.82, 2.24) is 4.90 Å². The van der Waals surface area contributed by atoms with Crippen LogP contribution in [0.25, 0.3) is 0 Å². The van der Waals surface area contributed by atoms with Gasteiger partial charge in [0.15, 0.2) is 0 Å². The van der Waals surface area contributed by atoms with Gasteiger partial charge in [0.2, 0.25) is 0 Å². The Kier molecular flexibility index (Phi) is 4.76. The summed E-state index contributed by atoms with van der Waals surface area (Å²) in [6.45, 7) is 2.92. The van der Waals surface area contributed by atoms with Crippen molar-refractivity contribution >= 4 is 11.7 Å². The Morgan fingerprint density at radius 2 is 2.19 bits per heavy atom. The summed E-state index contributed by atoms with van der Waals surface area (Å²) in [5.41, 5.74) is 0.302. The lowest BCUT2D eigenvalue weighted by atomic mass is 9.92. The van der Waals surface area contributed by atoms with Crippen molar-refractivity contribution in [2.24, 2.45) is 5.92 Å². The maximum atomic E-state index is 13.2. The number of hydrogen-bond acceptors (Lipinski definition) is 3. The highest BCUT2D eigenvalue weighted by molar-refractivity contribution is 5.89. The van der Waals surface area contributed by atoms with E-state index in [2.05, 4.69) is 5.32 Å². The number of carbonyl (C=O) groups is 1. The van der Waals surface area contributed by atoms with Crippen LogP contribution in [0.4, 0.5) is 14.9 Å². The molecule has 1 heterocycles. The molecular formula is C15H18FN3O2. The molecule has 1 saturated heterocycles. The number of likely N-dealkylation sites (tertiary alicyclic amines) is 1. The monoisotopic (exact) mass is 291 g/mol. The van der Waals surface area contributed by atoms with Crippen molar-refractivity contribution in [3.05, 3.63) is 29.6 Å². The SMILES string of the molecule is CC(O)C1CCN(C(=O)Nc2ccc(F)c(C#N)c2)CC1. The Balaban J connectivity index is 1.95. The van der Waals surface area contributed by atoms with E-state index in [-0.39, 0.29) is 23.6 Å². The van der Waals surface area contributed by atoms with E-state index < -0.39 is 5.82 Å². The molecule has 1 aromatic rings. The number of rotatable bonds is 2. The molecule has 21 heavy (non-hydrogen) atoms. The average molecular weight is 291 g/mol. The van der Waals surface area contributed by atoms with Gasteiger partial charge in [-0.2, -0.15) is 5.26 Å². The predicted octanol–water partition coefficient (Wildman–Crippen LogP) is 2.32. The smallest absolute Gasteiger partial charge is 0.321 e. The fraction of sp³-hybridized carbons (Fsp3) is 0.467. The third-order valence-corrected chi connectivity index (χ3v) is 3.85. The zero-order valence-electron chi connectivity index (χ0n) is 11.8. The number of carbonyl (C=O) groups excluding carboxylic acids is 1. The minimum atomic E-state index is -0.603. The lowest BCUT2D eigenvalue weighted by Gasteiger charge is -2.33. The first kappa shape index (κ1) is 15.3. The highest BCUT2D eigenvalue weighted by Crippen LogP contribution is 2.21. The van der Waals surface area contributed by atoms with Crippen LogP contribution < -0.4 is 5.32 Å². The second-order valence-electron chi connectivity index (χ2n) is 5.30. The number of anilines is 1. The van der Waals surface area contributed by atoms with Crippen LogP contribution in [0.1, 0.15) is 25.3 Å². The second kappa shape index (κ2) is 6.55. The van der Waals surface area contributed by atoms with Gasteiger partial charge in [0.1, 0.15) is 11.9 Å². The van der Waals surface area contributed by atoms with E-state index >= 15 is 0 Å². The first-order chi connectivity index (χ1) is 10.0. The molecule has 5 nitrogen and oxygen atoms in total. The molecule has 2 amide bonds. The van der Waals surface area contributed by atoms with Crippen molar-refractivity contribution in [1.29, 1.82) is 5.26 Å². The molecule has 2 N–H and O–H groups in total. The van der Waals surface area contributed by atoms with Crippen LogP contribution in [-0.4, -0.2) is 35.2 Å². The number of halogens is 1. The van der Waals surface area contributed by atoms with Crippen molar-refractivity contribution in [2.75, 3.05) is 18.4 Å². The van der Waals surface area contributed by atoms with E-state index in [9.17, 15) is 14.3 Å². The molecule has 112 valence electrons. The molecule has 0 aliphatic carbocycles. The van der Waals surface area contributed by atoms with E-state index in [4.69, 9.17) is 5.26 Å². The summed E-state index contributed by atoms with van der Waals surface area (Å²) >= 11 is 0. The van der Waals surface area contributed by atoms with E-state index in [1.807, 2.05) is 0 Å². The molecule has 6 heteroatoms. The molecule has 1 aliphatic heterocycles. The standard InChI is InChI=1S/C15H18FN3O2/c1-10(20)11-4-6-19(7-5-11)15(21)18-13-2-3-14(16)12(8-13)9-17/h2-3,8,10-11,20H,4-7H2,1H3,(H,18,21). The first-order valence-corrected chi connectivity index (χ1v) is 6.95. The molecule has 1 aliphatic rings. The number of nitrogens with one attached hydrogen (secondary N) is 1. The molecule has 1 unspecified atom stereocenters. The van der Waals surface area contributed by atoms with E-state index in [1.165, 1.54) is 12.1 Å². The summed E-state index contributed by atoms with van der Waals surface area (Å²) in [5.74, 6) is -0.377. The van der Waals surface area contributed by atoms with Crippen LogP contribution >= 0.6 is 0 Å². The van der Waals surface area contributed by atoms with Crippen LogP contribution in [0.3, 0.4) is 0 Å². The average Bonchev–Trinajstić information content (AvgIpc) is 2.49. The van der Waals surface area contributed by atoms with E-state index in [1.54, 1.807) is 17.9 Å². The van der Waals surface area contributed by atoms with Gasteiger partial charge in [-0.3, -0.25) is 0 Å². The second-order valence-corrected chi connectivity index (χ2v) is 5.30. The molecule has 2 rings (SSSR count). The highest BCUT2D eigenvalue weighted by Gasteiger charge is 2.25. The summed E-state index contributed by atoms with van der Waals surface area (Å²) in [6, 6.07) is 5.37. The normalized spacial score (nSPS) is 17.1. The molecule has 1 atom stereocenters. The molecule has 0 saturated carbocycles. The predicted molar refractivity (Wildman–Crippen MR) is 76.1 cm³/mol. The van der Waals surface area contributed by atoms with Crippen molar-refractivity contribution in [2.45, 2.75) is 25.9 Å². The lowest BCUT2D eigenvalue weighted by Crippen LogP contribution is -2.42. The number of piperidine rings is 1. The number of nitrogens with zero attached hydrogens (tertiary/aromatic N) is 2. The van der Waals surface area contributed by atoms with Gasteiger partial charge in [0.25, 0.3) is 0 Å². The van der Waals surface area contributed by atoms with Gasteiger partial charge in [-0.1, -0.05) is 0 Å². The van der Waals surface area contributed by atoms with Gasteiger partial charge in [-0.15, -0.1) is 0 Å². The zero-order chi connectivity index (χ0) is 15.4. The summed E-state index contributed by atoms with van der Waals surface area (Å²) in [4.78, 5) is 13.8. The maximum Gasteiger partial charge on any atom is 0.321 e.